The standard InChI is InChI=1S/C32H19ClN2S/c33-32-34-28(20-9-2-1-3-10-20)19-29(35-32)24-18-17-23(21-11-4-5-12-22(21)24)26-14-8-15-27-25-13-6-7-16-30(25)36-31(26)27/h1-19H. The molecule has 0 aliphatic carbocycles. The van der Waals surface area contributed by atoms with Crippen LogP contribution in [0.1, 0.15) is 0 Å². The van der Waals surface area contributed by atoms with Gasteiger partial charge in [-0.2, -0.15) is 0 Å². The normalized spacial score (nSPS) is 11.5. The van der Waals surface area contributed by atoms with Crippen molar-refractivity contribution in [3.05, 3.63) is 121 Å². The molecule has 0 fully saturated rings. The highest BCUT2D eigenvalue weighted by Crippen LogP contribution is 2.43. The van der Waals surface area contributed by atoms with E-state index in [1.54, 1.807) is 0 Å². The maximum absolute atomic E-state index is 6.41. The third kappa shape index (κ3) is 3.48. The first-order chi connectivity index (χ1) is 17.8. The number of nitrogens with zero attached hydrogens (tertiary/aromatic N) is 2. The molecule has 0 radical (unpaired) electrons. The van der Waals surface area contributed by atoms with E-state index in [4.69, 9.17) is 11.6 Å². The number of aromatic nitrogens is 2. The molecule has 2 aromatic heterocycles. The van der Waals surface area contributed by atoms with Crippen LogP contribution in [0.4, 0.5) is 0 Å². The zero-order chi connectivity index (χ0) is 24.1. The molecule has 2 nitrogen and oxygen atoms in total. The van der Waals surface area contributed by atoms with Gasteiger partial charge in [0.15, 0.2) is 0 Å². The van der Waals surface area contributed by atoms with E-state index in [-0.39, 0.29) is 5.28 Å². The van der Waals surface area contributed by atoms with Crippen LogP contribution in [0.5, 0.6) is 0 Å². The Kier molecular flexibility index (Phi) is 5.05. The summed E-state index contributed by atoms with van der Waals surface area (Å²) in [4.78, 5) is 9.10. The second-order valence-electron chi connectivity index (χ2n) is 8.76. The van der Waals surface area contributed by atoms with Gasteiger partial charge in [0, 0.05) is 36.9 Å². The number of hydrogen-bond acceptors (Lipinski definition) is 3. The maximum Gasteiger partial charge on any atom is 0.223 e. The molecule has 0 saturated heterocycles. The second-order valence-corrected chi connectivity index (χ2v) is 10.2. The average Bonchev–Trinajstić information content (AvgIpc) is 3.32. The van der Waals surface area contributed by atoms with Crippen molar-refractivity contribution in [3.8, 4) is 33.6 Å². The van der Waals surface area contributed by atoms with E-state index < -0.39 is 0 Å². The SMILES string of the molecule is Clc1nc(-c2ccccc2)cc(-c2ccc(-c3cccc4c3sc3ccccc34)c3ccccc23)n1. The van der Waals surface area contributed by atoms with Crippen LogP contribution in [0, 0.1) is 0 Å². The smallest absolute Gasteiger partial charge is 0.218 e. The van der Waals surface area contributed by atoms with Crippen LogP contribution in [-0.2, 0) is 0 Å². The zero-order valence-corrected chi connectivity index (χ0v) is 20.7. The van der Waals surface area contributed by atoms with Crippen molar-refractivity contribution in [3.63, 3.8) is 0 Å². The van der Waals surface area contributed by atoms with E-state index in [2.05, 4.69) is 88.8 Å². The second kappa shape index (κ2) is 8.56. The number of hydrogen-bond donors (Lipinski definition) is 0. The minimum Gasteiger partial charge on any atom is -0.218 e. The molecule has 2 heterocycles. The van der Waals surface area contributed by atoms with Crippen molar-refractivity contribution in [2.75, 3.05) is 0 Å². The molecule has 5 aromatic carbocycles. The van der Waals surface area contributed by atoms with Crippen molar-refractivity contribution in [1.82, 2.24) is 9.97 Å². The van der Waals surface area contributed by atoms with E-state index in [0.29, 0.717) is 0 Å². The highest BCUT2D eigenvalue weighted by molar-refractivity contribution is 7.26. The van der Waals surface area contributed by atoms with Crippen molar-refractivity contribution < 1.29 is 0 Å². The summed E-state index contributed by atoms with van der Waals surface area (Å²) in [5.41, 5.74) is 6.15. The molecule has 4 heteroatoms. The maximum atomic E-state index is 6.41. The lowest BCUT2D eigenvalue weighted by Gasteiger charge is -2.13. The van der Waals surface area contributed by atoms with Gasteiger partial charge in [0.1, 0.15) is 0 Å². The fourth-order valence-corrected chi connectivity index (χ4v) is 6.44. The number of fused-ring (bicyclic) bond motifs is 4. The summed E-state index contributed by atoms with van der Waals surface area (Å²) in [5.74, 6) is 0. The van der Waals surface area contributed by atoms with Crippen LogP contribution in [0.15, 0.2) is 115 Å². The Labute approximate surface area is 217 Å². The molecule has 7 aromatic rings. The van der Waals surface area contributed by atoms with Crippen LogP contribution in [0.2, 0.25) is 5.28 Å². The van der Waals surface area contributed by atoms with Crippen LogP contribution in [0.25, 0.3) is 64.6 Å². The summed E-state index contributed by atoms with van der Waals surface area (Å²) < 4.78 is 2.62. The van der Waals surface area contributed by atoms with Crippen molar-refractivity contribution in [2.24, 2.45) is 0 Å². The minimum absolute atomic E-state index is 0.245. The third-order valence-electron chi connectivity index (χ3n) is 6.66. The lowest BCUT2D eigenvalue weighted by molar-refractivity contribution is 1.18. The van der Waals surface area contributed by atoms with E-state index in [0.717, 1.165) is 27.9 Å². The van der Waals surface area contributed by atoms with Gasteiger partial charge in [0.25, 0.3) is 0 Å². The molecule has 0 aliphatic rings. The molecule has 7 rings (SSSR count). The van der Waals surface area contributed by atoms with Crippen molar-refractivity contribution in [2.45, 2.75) is 0 Å². The Morgan fingerprint density at radius 3 is 1.97 bits per heavy atom. The van der Waals surface area contributed by atoms with Gasteiger partial charge in [-0.3, -0.25) is 0 Å². The molecule has 0 amide bonds. The van der Waals surface area contributed by atoms with Crippen LogP contribution >= 0.6 is 22.9 Å². The average molecular weight is 499 g/mol. The molecular formula is C32H19ClN2S. The van der Waals surface area contributed by atoms with Gasteiger partial charge in [-0.15, -0.1) is 11.3 Å². The molecule has 0 atom stereocenters. The van der Waals surface area contributed by atoms with Crippen LogP contribution in [-0.4, -0.2) is 9.97 Å². The lowest BCUT2D eigenvalue weighted by atomic mass is 9.93. The molecule has 0 saturated carbocycles. The predicted molar refractivity (Wildman–Crippen MR) is 154 cm³/mol. The van der Waals surface area contributed by atoms with E-state index in [1.807, 2.05) is 47.7 Å². The fourth-order valence-electron chi connectivity index (χ4n) is 5.03. The van der Waals surface area contributed by atoms with E-state index >= 15 is 0 Å². The number of rotatable bonds is 3. The molecule has 170 valence electrons. The fraction of sp³-hybridized carbons (Fsp3) is 0. The van der Waals surface area contributed by atoms with Gasteiger partial charge in [0.05, 0.1) is 11.4 Å². The van der Waals surface area contributed by atoms with Crippen LogP contribution in [0.3, 0.4) is 0 Å². The van der Waals surface area contributed by atoms with Gasteiger partial charge in [-0.1, -0.05) is 103 Å². The first-order valence-corrected chi connectivity index (χ1v) is 13.0. The Hall–Kier alpha value is -4.05. The summed E-state index contributed by atoms with van der Waals surface area (Å²) in [6.07, 6.45) is 0. The Bertz CT molecular complexity index is 1910. The number of benzene rings is 5. The summed E-state index contributed by atoms with van der Waals surface area (Å²) in [7, 11) is 0. The first kappa shape index (κ1) is 21.3. The summed E-state index contributed by atoms with van der Waals surface area (Å²) in [5, 5.41) is 5.19. The van der Waals surface area contributed by atoms with E-state index in [1.165, 1.54) is 36.7 Å². The summed E-state index contributed by atoms with van der Waals surface area (Å²) in [6, 6.07) is 40.3. The largest absolute Gasteiger partial charge is 0.223 e. The van der Waals surface area contributed by atoms with Gasteiger partial charge in [-0.05, 0) is 40.1 Å². The lowest BCUT2D eigenvalue weighted by Crippen LogP contribution is -1.93. The van der Waals surface area contributed by atoms with Crippen molar-refractivity contribution in [1.29, 1.82) is 0 Å². The molecule has 0 spiro atoms. The summed E-state index contributed by atoms with van der Waals surface area (Å²) >= 11 is 8.27. The molecule has 0 bridgehead atoms. The molecular weight excluding hydrogens is 480 g/mol. The highest BCUT2D eigenvalue weighted by Gasteiger charge is 2.16. The van der Waals surface area contributed by atoms with Gasteiger partial charge in [0.2, 0.25) is 5.28 Å². The molecule has 0 N–H and O–H groups in total. The van der Waals surface area contributed by atoms with Gasteiger partial charge >= 0.3 is 0 Å². The first-order valence-electron chi connectivity index (χ1n) is 11.8. The summed E-state index contributed by atoms with van der Waals surface area (Å²) in [6.45, 7) is 0. The number of thiophene rings is 1. The monoisotopic (exact) mass is 498 g/mol. The predicted octanol–water partition coefficient (Wildman–Crippen LogP) is 9.65. The van der Waals surface area contributed by atoms with Gasteiger partial charge < -0.3 is 0 Å². The molecule has 0 aliphatic heterocycles. The van der Waals surface area contributed by atoms with Crippen LogP contribution < -0.4 is 0 Å². The Balaban J connectivity index is 1.46. The van der Waals surface area contributed by atoms with Gasteiger partial charge in [-0.25, -0.2) is 9.97 Å². The third-order valence-corrected chi connectivity index (χ3v) is 8.05. The molecule has 36 heavy (non-hydrogen) atoms. The Morgan fingerprint density at radius 2 is 1.14 bits per heavy atom. The topological polar surface area (TPSA) is 25.8 Å². The quantitative estimate of drug-likeness (QED) is 0.226. The number of halogens is 1. The minimum atomic E-state index is 0.245. The highest BCUT2D eigenvalue weighted by atomic mass is 35.5. The van der Waals surface area contributed by atoms with E-state index in [9.17, 15) is 0 Å². The van der Waals surface area contributed by atoms with Crippen molar-refractivity contribution >= 4 is 53.9 Å². The zero-order valence-electron chi connectivity index (χ0n) is 19.2. The molecule has 0 unspecified atom stereocenters. The Morgan fingerprint density at radius 1 is 0.500 bits per heavy atom.